The highest BCUT2D eigenvalue weighted by Crippen LogP contribution is 2.44. The third-order valence-corrected chi connectivity index (χ3v) is 6.65. The molecular formula is C27H30N2O6. The van der Waals surface area contributed by atoms with E-state index in [1.54, 1.807) is 19.1 Å². The van der Waals surface area contributed by atoms with E-state index >= 15 is 0 Å². The molecule has 0 aliphatic heterocycles. The number of fused-ring (bicyclic) bond motifs is 3. The van der Waals surface area contributed by atoms with Gasteiger partial charge in [-0.25, -0.2) is 4.79 Å². The van der Waals surface area contributed by atoms with Crippen molar-refractivity contribution in [3.8, 4) is 11.1 Å². The summed E-state index contributed by atoms with van der Waals surface area (Å²) in [5.41, 5.74) is 3.04. The molecule has 184 valence electrons. The topological polar surface area (TPSA) is 114 Å². The molecule has 4 rings (SSSR count). The Labute approximate surface area is 204 Å². The second-order valence-electron chi connectivity index (χ2n) is 9.23. The van der Waals surface area contributed by atoms with E-state index in [2.05, 4.69) is 22.8 Å². The number of methoxy groups -OCH3 is 1. The molecule has 8 heteroatoms. The summed E-state index contributed by atoms with van der Waals surface area (Å²) in [5, 5.41) is 14.8. The first-order valence-corrected chi connectivity index (χ1v) is 11.6. The van der Waals surface area contributed by atoms with Gasteiger partial charge in [-0.15, -0.1) is 0 Å². The van der Waals surface area contributed by atoms with Gasteiger partial charge in [0.05, 0.1) is 12.5 Å². The zero-order valence-electron chi connectivity index (χ0n) is 19.8. The lowest BCUT2D eigenvalue weighted by molar-refractivity contribution is -0.142. The molecule has 2 aliphatic rings. The molecule has 3 atom stereocenters. The molecule has 1 unspecified atom stereocenters. The highest BCUT2D eigenvalue weighted by Gasteiger charge is 2.38. The minimum Gasteiger partial charge on any atom is -0.481 e. The number of aliphatic carboxylic acids is 1. The Morgan fingerprint density at radius 1 is 1.06 bits per heavy atom. The first kappa shape index (κ1) is 24.5. The molecule has 0 radical (unpaired) electrons. The molecule has 2 amide bonds. The Bertz CT molecular complexity index is 1100. The summed E-state index contributed by atoms with van der Waals surface area (Å²) in [6.45, 7) is 1.59. The third-order valence-electron chi connectivity index (χ3n) is 6.65. The van der Waals surface area contributed by atoms with Crippen LogP contribution in [0.25, 0.3) is 11.1 Å². The smallest absolute Gasteiger partial charge is 0.408 e. The first-order valence-electron chi connectivity index (χ1n) is 11.6. The fourth-order valence-corrected chi connectivity index (χ4v) is 4.83. The molecule has 2 aromatic rings. The van der Waals surface area contributed by atoms with Crippen molar-refractivity contribution in [2.24, 2.45) is 5.92 Å². The molecule has 0 fully saturated rings. The summed E-state index contributed by atoms with van der Waals surface area (Å²) in [6.07, 6.45) is 3.50. The van der Waals surface area contributed by atoms with Crippen LogP contribution in [0.3, 0.4) is 0 Å². The highest BCUT2D eigenvalue weighted by atomic mass is 16.5. The van der Waals surface area contributed by atoms with Crippen molar-refractivity contribution in [1.29, 1.82) is 0 Å². The molecule has 0 aromatic heterocycles. The summed E-state index contributed by atoms with van der Waals surface area (Å²) >= 11 is 0. The molecule has 2 aliphatic carbocycles. The van der Waals surface area contributed by atoms with Gasteiger partial charge in [-0.2, -0.15) is 0 Å². The standard InChI is InChI=1S/C27H30N2O6/c1-27(16-34-2,25(32)28-18-9-7-8-17(14-18)24(30)31)29-26(33)35-15-23-21-12-5-3-10-19(21)20-11-4-6-13-22(20)23/h3-7,9-13,17-18,23H,8,14-16H2,1-2H3,(H,28,32)(H,29,33)(H,30,31)/t17-,18-,27?/m1/s1. The predicted octanol–water partition coefficient (Wildman–Crippen LogP) is 3.47. The Balaban J connectivity index is 1.41. The van der Waals surface area contributed by atoms with Gasteiger partial charge in [0, 0.05) is 19.1 Å². The van der Waals surface area contributed by atoms with Gasteiger partial charge in [0.2, 0.25) is 5.91 Å². The van der Waals surface area contributed by atoms with E-state index in [0.29, 0.717) is 6.42 Å². The van der Waals surface area contributed by atoms with Crippen molar-refractivity contribution >= 4 is 18.0 Å². The quantitative estimate of drug-likeness (QED) is 0.501. The van der Waals surface area contributed by atoms with Crippen molar-refractivity contribution in [2.75, 3.05) is 20.3 Å². The van der Waals surface area contributed by atoms with Crippen molar-refractivity contribution in [1.82, 2.24) is 10.6 Å². The lowest BCUT2D eigenvalue weighted by Crippen LogP contribution is -2.61. The molecule has 0 spiro atoms. The van der Waals surface area contributed by atoms with Crippen molar-refractivity contribution in [3.63, 3.8) is 0 Å². The minimum atomic E-state index is -1.40. The average molecular weight is 479 g/mol. The molecule has 8 nitrogen and oxygen atoms in total. The fourth-order valence-electron chi connectivity index (χ4n) is 4.83. The highest BCUT2D eigenvalue weighted by molar-refractivity contribution is 5.90. The van der Waals surface area contributed by atoms with Crippen LogP contribution in [0, 0.1) is 5.92 Å². The number of benzene rings is 2. The normalized spacial score (nSPS) is 20.3. The monoisotopic (exact) mass is 478 g/mol. The van der Waals surface area contributed by atoms with E-state index < -0.39 is 35.5 Å². The van der Waals surface area contributed by atoms with Crippen molar-refractivity contribution in [3.05, 3.63) is 71.8 Å². The molecular weight excluding hydrogens is 448 g/mol. The van der Waals surface area contributed by atoms with Crippen LogP contribution in [0.4, 0.5) is 4.79 Å². The molecule has 0 saturated carbocycles. The predicted molar refractivity (Wildman–Crippen MR) is 130 cm³/mol. The van der Waals surface area contributed by atoms with E-state index in [9.17, 15) is 19.5 Å². The van der Waals surface area contributed by atoms with Gasteiger partial charge in [-0.05, 0) is 42.0 Å². The Hall–Kier alpha value is -3.65. The zero-order valence-corrected chi connectivity index (χ0v) is 19.8. The van der Waals surface area contributed by atoms with E-state index in [0.717, 1.165) is 22.3 Å². The number of nitrogens with one attached hydrogen (secondary N) is 2. The van der Waals surface area contributed by atoms with Crippen LogP contribution in [-0.4, -0.2) is 55.0 Å². The van der Waals surface area contributed by atoms with Gasteiger partial charge >= 0.3 is 12.1 Å². The SMILES string of the molecule is COCC(C)(NC(=O)OCC1c2ccccc2-c2ccccc21)C(=O)N[C@@H]1C=CC[C@@H](C(=O)O)C1. The van der Waals surface area contributed by atoms with Crippen LogP contribution in [0.1, 0.15) is 36.8 Å². The molecule has 35 heavy (non-hydrogen) atoms. The number of allylic oxidation sites excluding steroid dienone is 1. The number of amides is 2. The number of ether oxygens (including phenoxy) is 2. The Morgan fingerprint density at radius 3 is 2.29 bits per heavy atom. The summed E-state index contributed by atoms with van der Waals surface area (Å²) in [7, 11) is 1.44. The average Bonchev–Trinajstić information content (AvgIpc) is 3.16. The number of carboxylic acids is 1. The fraction of sp³-hybridized carbons (Fsp3) is 0.370. The van der Waals surface area contributed by atoms with E-state index in [1.807, 2.05) is 36.4 Å². The molecule has 3 N–H and O–H groups in total. The number of carbonyl (C=O) groups is 3. The van der Waals surface area contributed by atoms with Crippen molar-refractivity contribution in [2.45, 2.75) is 37.3 Å². The maximum absolute atomic E-state index is 13.1. The lowest BCUT2D eigenvalue weighted by atomic mass is 9.90. The number of carbonyl (C=O) groups excluding carboxylic acids is 2. The van der Waals surface area contributed by atoms with Crippen LogP contribution >= 0.6 is 0 Å². The zero-order chi connectivity index (χ0) is 25.0. The summed E-state index contributed by atoms with van der Waals surface area (Å²) in [4.78, 5) is 37.2. The van der Waals surface area contributed by atoms with E-state index in [4.69, 9.17) is 9.47 Å². The van der Waals surface area contributed by atoms with Crippen LogP contribution in [0.2, 0.25) is 0 Å². The van der Waals surface area contributed by atoms with Gasteiger partial charge in [0.25, 0.3) is 0 Å². The van der Waals surface area contributed by atoms with Gasteiger partial charge in [0.15, 0.2) is 0 Å². The van der Waals surface area contributed by atoms with Crippen molar-refractivity contribution < 1.29 is 29.0 Å². The van der Waals surface area contributed by atoms with E-state index in [1.165, 1.54) is 7.11 Å². The number of carboxylic acid groups (broad SMARTS) is 1. The molecule has 0 bridgehead atoms. The third kappa shape index (κ3) is 5.22. The summed E-state index contributed by atoms with van der Waals surface area (Å²) < 4.78 is 10.8. The lowest BCUT2D eigenvalue weighted by Gasteiger charge is -2.31. The van der Waals surface area contributed by atoms with Gasteiger partial charge in [-0.3, -0.25) is 9.59 Å². The minimum absolute atomic E-state index is 0.0815. The Morgan fingerprint density at radius 2 is 1.69 bits per heavy atom. The van der Waals surface area contributed by atoms with Gasteiger partial charge in [0.1, 0.15) is 12.1 Å². The number of hydrogen-bond acceptors (Lipinski definition) is 5. The molecule has 0 heterocycles. The van der Waals surface area contributed by atoms with Crippen LogP contribution in [0.15, 0.2) is 60.7 Å². The van der Waals surface area contributed by atoms with Crippen LogP contribution in [0.5, 0.6) is 0 Å². The summed E-state index contributed by atoms with van der Waals surface area (Å²) in [5.74, 6) is -2.04. The van der Waals surface area contributed by atoms with Gasteiger partial charge < -0.3 is 25.2 Å². The number of rotatable bonds is 8. The Kier molecular flexibility index (Phi) is 7.21. The van der Waals surface area contributed by atoms with E-state index in [-0.39, 0.29) is 25.6 Å². The second-order valence-corrected chi connectivity index (χ2v) is 9.23. The van der Waals surface area contributed by atoms with Gasteiger partial charge in [-0.1, -0.05) is 60.7 Å². The van der Waals surface area contributed by atoms with Crippen LogP contribution < -0.4 is 10.6 Å². The second kappa shape index (κ2) is 10.3. The number of hydrogen-bond donors (Lipinski definition) is 3. The largest absolute Gasteiger partial charge is 0.481 e. The molecule has 2 aromatic carbocycles. The summed E-state index contributed by atoms with van der Waals surface area (Å²) in [6, 6.07) is 15.6. The maximum Gasteiger partial charge on any atom is 0.408 e. The van der Waals surface area contributed by atoms with Crippen LogP contribution in [-0.2, 0) is 19.1 Å². The first-order chi connectivity index (χ1) is 16.8. The number of alkyl carbamates (subject to hydrolysis) is 1. The molecule has 0 saturated heterocycles. The maximum atomic E-state index is 13.1.